The SMILES string of the molecule is C=C/C(=N\C(=C)NCCC1CN(C(=O)OC(C)(C)C)C(C)(C)C1)SNC(=O)c1ccc(-n2ccc(OCCC(C3CC3)C3CC3)n2)nc1Cl. The molecule has 3 aliphatic rings. The lowest BCUT2D eigenvalue weighted by molar-refractivity contribution is 0.0130. The molecular formula is C36H50ClN7O4S. The standard InChI is InChI=1S/C36H50ClN7O4S/c1-8-31(39-23(2)38-18-15-24-21-36(6,7)43(22-24)34(46)48-35(3,4)5)49-42-33(45)28-13-14-29(40-32(28)37)44-19-16-30(41-44)47-20-17-27(25-9-10-25)26-11-12-26/h8,13-14,16,19,24-27,38H,1-2,9-12,15,17-18,20-22H2,3-7H3,(H,42,45)/b39-31+. The first-order chi connectivity index (χ1) is 23.2. The molecule has 2 N–H and O–H groups in total. The number of hydrogen-bond acceptors (Lipinski definition) is 9. The van der Waals surface area contributed by atoms with Gasteiger partial charge in [0.15, 0.2) is 5.82 Å². The van der Waals surface area contributed by atoms with Gasteiger partial charge < -0.3 is 19.7 Å². The molecule has 13 heteroatoms. The maximum Gasteiger partial charge on any atom is 0.410 e. The summed E-state index contributed by atoms with van der Waals surface area (Å²) in [5.41, 5.74) is -0.601. The van der Waals surface area contributed by atoms with Crippen LogP contribution in [0.2, 0.25) is 5.15 Å². The van der Waals surface area contributed by atoms with E-state index < -0.39 is 11.5 Å². The zero-order valence-corrected chi connectivity index (χ0v) is 30.9. The summed E-state index contributed by atoms with van der Waals surface area (Å²) in [5, 5.41) is 8.22. The van der Waals surface area contributed by atoms with E-state index in [0.29, 0.717) is 48.2 Å². The number of amides is 2. The summed E-state index contributed by atoms with van der Waals surface area (Å²) in [4.78, 5) is 36.4. The fraction of sp³-hybridized carbons (Fsp3) is 0.583. The molecule has 0 radical (unpaired) electrons. The highest BCUT2D eigenvalue weighted by atomic mass is 35.5. The number of halogens is 1. The van der Waals surface area contributed by atoms with Gasteiger partial charge in [0.1, 0.15) is 21.6 Å². The molecule has 2 aliphatic carbocycles. The third kappa shape index (κ3) is 10.5. The Labute approximate surface area is 299 Å². The normalized spacial score (nSPS) is 19.1. The molecule has 2 aromatic heterocycles. The van der Waals surface area contributed by atoms with Gasteiger partial charge in [-0.2, -0.15) is 0 Å². The third-order valence-electron chi connectivity index (χ3n) is 9.16. The van der Waals surface area contributed by atoms with E-state index in [1.54, 1.807) is 23.0 Å². The summed E-state index contributed by atoms with van der Waals surface area (Å²) in [7, 11) is 0. The molecule has 49 heavy (non-hydrogen) atoms. The number of ether oxygens (including phenoxy) is 2. The van der Waals surface area contributed by atoms with Crippen LogP contribution in [0.15, 0.2) is 54.4 Å². The molecule has 3 fully saturated rings. The van der Waals surface area contributed by atoms with E-state index >= 15 is 0 Å². The molecule has 2 aromatic rings. The second-order valence-electron chi connectivity index (χ2n) is 14.9. The van der Waals surface area contributed by atoms with Crippen molar-refractivity contribution >= 4 is 40.6 Å². The van der Waals surface area contributed by atoms with Crippen LogP contribution in [0.4, 0.5) is 4.79 Å². The summed E-state index contributed by atoms with van der Waals surface area (Å²) in [5.74, 6) is 3.94. The Morgan fingerprint density at radius 1 is 1.20 bits per heavy atom. The Morgan fingerprint density at radius 3 is 2.55 bits per heavy atom. The van der Waals surface area contributed by atoms with Crippen LogP contribution in [-0.2, 0) is 4.74 Å². The minimum atomic E-state index is -0.536. The molecule has 0 aromatic carbocycles. The zero-order chi connectivity index (χ0) is 35.3. The minimum Gasteiger partial charge on any atom is -0.477 e. The third-order valence-corrected chi connectivity index (χ3v) is 10.2. The van der Waals surface area contributed by atoms with Crippen LogP contribution in [0, 0.1) is 23.7 Å². The Morgan fingerprint density at radius 2 is 1.92 bits per heavy atom. The van der Waals surface area contributed by atoms with E-state index in [9.17, 15) is 9.59 Å². The van der Waals surface area contributed by atoms with E-state index in [4.69, 9.17) is 21.1 Å². The molecule has 2 amide bonds. The lowest BCUT2D eigenvalue weighted by Crippen LogP contribution is -2.45. The van der Waals surface area contributed by atoms with Gasteiger partial charge in [-0.25, -0.2) is 19.5 Å². The lowest BCUT2D eigenvalue weighted by atomic mass is 9.94. The van der Waals surface area contributed by atoms with Gasteiger partial charge in [0.25, 0.3) is 5.91 Å². The van der Waals surface area contributed by atoms with Gasteiger partial charge in [-0.05, 0) is 121 Å². The Kier molecular flexibility index (Phi) is 11.7. The van der Waals surface area contributed by atoms with Crippen molar-refractivity contribution in [1.82, 2.24) is 29.7 Å². The summed E-state index contributed by atoms with van der Waals surface area (Å²) in [6, 6.07) is 5.10. The van der Waals surface area contributed by atoms with Gasteiger partial charge >= 0.3 is 6.09 Å². The highest BCUT2D eigenvalue weighted by Crippen LogP contribution is 2.50. The van der Waals surface area contributed by atoms with Crippen molar-refractivity contribution < 1.29 is 19.1 Å². The highest BCUT2D eigenvalue weighted by Gasteiger charge is 2.43. The van der Waals surface area contributed by atoms with Crippen molar-refractivity contribution in [3.8, 4) is 11.7 Å². The number of aliphatic imine (C=N–C) groups is 1. The molecule has 1 aliphatic heterocycles. The topological polar surface area (TPSA) is 123 Å². The van der Waals surface area contributed by atoms with Gasteiger partial charge in [-0.1, -0.05) is 24.8 Å². The van der Waals surface area contributed by atoms with Gasteiger partial charge in [0.05, 0.1) is 12.2 Å². The average Bonchev–Trinajstić information content (AvgIpc) is 3.96. The van der Waals surface area contributed by atoms with Crippen LogP contribution in [0.3, 0.4) is 0 Å². The maximum atomic E-state index is 13.0. The molecule has 5 rings (SSSR count). The molecule has 2 saturated carbocycles. The molecule has 1 unspecified atom stereocenters. The van der Waals surface area contributed by atoms with E-state index in [2.05, 4.69) is 52.1 Å². The Bertz CT molecular complexity index is 1550. The van der Waals surface area contributed by atoms with Gasteiger partial charge in [-0.15, -0.1) is 5.10 Å². The van der Waals surface area contributed by atoms with E-state index in [0.717, 1.165) is 49.0 Å². The molecule has 1 saturated heterocycles. The van der Waals surface area contributed by atoms with Crippen LogP contribution in [0.25, 0.3) is 5.82 Å². The lowest BCUT2D eigenvalue weighted by Gasteiger charge is -2.33. The number of aromatic nitrogens is 3. The van der Waals surface area contributed by atoms with Crippen molar-refractivity contribution in [3.05, 3.63) is 60.2 Å². The van der Waals surface area contributed by atoms with Crippen LogP contribution < -0.4 is 14.8 Å². The average molecular weight is 712 g/mol. The van der Waals surface area contributed by atoms with E-state index in [1.807, 2.05) is 31.7 Å². The van der Waals surface area contributed by atoms with Gasteiger partial charge in [0, 0.05) is 42.8 Å². The molecule has 0 bridgehead atoms. The second-order valence-corrected chi connectivity index (χ2v) is 16.1. The summed E-state index contributed by atoms with van der Waals surface area (Å²) in [6.07, 6.45) is 11.3. The van der Waals surface area contributed by atoms with Crippen LogP contribution in [0.5, 0.6) is 5.88 Å². The minimum absolute atomic E-state index is 0.0498. The number of nitrogens with zero attached hydrogens (tertiary/aromatic N) is 5. The van der Waals surface area contributed by atoms with Crippen molar-refractivity contribution in [2.45, 2.75) is 90.7 Å². The number of nitrogens with one attached hydrogen (secondary N) is 2. The van der Waals surface area contributed by atoms with Crippen LogP contribution in [0.1, 0.15) is 89.9 Å². The number of carbonyl (C=O) groups is 2. The predicted molar refractivity (Wildman–Crippen MR) is 195 cm³/mol. The Balaban J connectivity index is 1.05. The first-order valence-corrected chi connectivity index (χ1v) is 18.4. The molecule has 11 nitrogen and oxygen atoms in total. The fourth-order valence-corrected chi connectivity index (χ4v) is 7.30. The largest absolute Gasteiger partial charge is 0.477 e. The summed E-state index contributed by atoms with van der Waals surface area (Å²) in [6.45, 7) is 19.5. The quantitative estimate of drug-likeness (QED) is 0.0891. The van der Waals surface area contributed by atoms with Gasteiger partial charge in [-0.3, -0.25) is 9.52 Å². The van der Waals surface area contributed by atoms with E-state index in [1.165, 1.54) is 31.8 Å². The predicted octanol–water partition coefficient (Wildman–Crippen LogP) is 7.57. The molecule has 1 atom stereocenters. The summed E-state index contributed by atoms with van der Waals surface area (Å²) < 4.78 is 15.9. The number of rotatable bonds is 14. The van der Waals surface area contributed by atoms with Crippen molar-refractivity contribution in [1.29, 1.82) is 0 Å². The van der Waals surface area contributed by atoms with Crippen molar-refractivity contribution in [3.63, 3.8) is 0 Å². The number of hydrogen-bond donors (Lipinski definition) is 2. The fourth-order valence-electron chi connectivity index (χ4n) is 6.51. The Hall–Kier alpha value is -3.51. The smallest absolute Gasteiger partial charge is 0.410 e. The second kappa shape index (κ2) is 15.6. The maximum absolute atomic E-state index is 13.0. The van der Waals surface area contributed by atoms with Crippen LogP contribution in [-0.4, -0.2) is 67.5 Å². The van der Waals surface area contributed by atoms with Crippen molar-refractivity contribution in [2.75, 3.05) is 19.7 Å². The number of pyridine rings is 1. The molecule has 266 valence electrons. The molecule has 3 heterocycles. The zero-order valence-electron chi connectivity index (χ0n) is 29.3. The van der Waals surface area contributed by atoms with Crippen molar-refractivity contribution in [2.24, 2.45) is 28.7 Å². The summed E-state index contributed by atoms with van der Waals surface area (Å²) >= 11 is 7.44. The first kappa shape index (κ1) is 36.8. The number of carbonyl (C=O) groups excluding carboxylic acids is 2. The molecular weight excluding hydrogens is 662 g/mol. The monoisotopic (exact) mass is 711 g/mol. The van der Waals surface area contributed by atoms with E-state index in [-0.39, 0.29) is 22.3 Å². The number of likely N-dealkylation sites (tertiary alicyclic amines) is 1. The molecule has 0 spiro atoms. The highest BCUT2D eigenvalue weighted by molar-refractivity contribution is 8.13. The van der Waals surface area contributed by atoms with Gasteiger partial charge in [0.2, 0.25) is 5.88 Å². The first-order valence-electron chi connectivity index (χ1n) is 17.2. The van der Waals surface area contributed by atoms with Crippen LogP contribution >= 0.6 is 23.5 Å².